The number of ether oxygens (including phenoxy) is 2. The van der Waals surface area contributed by atoms with E-state index in [9.17, 15) is 9.59 Å². The number of anilines is 1. The van der Waals surface area contributed by atoms with Gasteiger partial charge in [-0.2, -0.15) is 0 Å². The third kappa shape index (κ3) is 4.82. The second kappa shape index (κ2) is 8.94. The van der Waals surface area contributed by atoms with Gasteiger partial charge in [-0.05, 0) is 25.2 Å². The molecule has 0 aliphatic carbocycles. The highest BCUT2D eigenvalue weighted by Gasteiger charge is 2.32. The van der Waals surface area contributed by atoms with Crippen LogP contribution >= 0.6 is 0 Å². The summed E-state index contributed by atoms with van der Waals surface area (Å²) < 4.78 is 11.1. The molecule has 3 amide bonds. The van der Waals surface area contributed by atoms with Crippen molar-refractivity contribution in [2.24, 2.45) is 0 Å². The number of carbonyl (C=O) groups is 2. The lowest BCUT2D eigenvalue weighted by Gasteiger charge is -2.22. The zero-order chi connectivity index (χ0) is 19.2. The SMILES string of the molecule is CCN(CC)CCNC(=O)N[C@H]1CC(=O)N(c2ccc3c(c2)OCCO3)C1. The Kier molecular flexibility index (Phi) is 6.39. The third-order valence-corrected chi connectivity index (χ3v) is 4.91. The summed E-state index contributed by atoms with van der Waals surface area (Å²) in [5.41, 5.74) is 0.760. The minimum atomic E-state index is -0.232. The molecule has 27 heavy (non-hydrogen) atoms. The Hall–Kier alpha value is -2.48. The zero-order valence-corrected chi connectivity index (χ0v) is 16.0. The summed E-state index contributed by atoms with van der Waals surface area (Å²) in [6, 6.07) is 5.04. The fraction of sp³-hybridized carbons (Fsp3) is 0.579. The number of nitrogens with zero attached hydrogens (tertiary/aromatic N) is 2. The number of hydrogen-bond acceptors (Lipinski definition) is 5. The molecule has 8 heteroatoms. The first kappa shape index (κ1) is 19.3. The van der Waals surface area contributed by atoms with E-state index >= 15 is 0 Å². The van der Waals surface area contributed by atoms with E-state index < -0.39 is 0 Å². The predicted octanol–water partition coefficient (Wildman–Crippen LogP) is 1.20. The van der Waals surface area contributed by atoms with Crippen LogP contribution in [0.15, 0.2) is 18.2 Å². The number of fused-ring (bicyclic) bond motifs is 1. The van der Waals surface area contributed by atoms with Crippen LogP contribution in [0.3, 0.4) is 0 Å². The van der Waals surface area contributed by atoms with Gasteiger partial charge in [0, 0.05) is 37.8 Å². The predicted molar refractivity (Wildman–Crippen MR) is 103 cm³/mol. The van der Waals surface area contributed by atoms with Crippen molar-refractivity contribution < 1.29 is 19.1 Å². The van der Waals surface area contributed by atoms with Crippen LogP contribution in [0.1, 0.15) is 20.3 Å². The maximum atomic E-state index is 12.4. The van der Waals surface area contributed by atoms with Crippen LogP contribution in [0.2, 0.25) is 0 Å². The van der Waals surface area contributed by atoms with Gasteiger partial charge in [-0.25, -0.2) is 4.79 Å². The molecule has 2 aliphatic heterocycles. The van der Waals surface area contributed by atoms with E-state index in [1.807, 2.05) is 18.2 Å². The smallest absolute Gasteiger partial charge is 0.315 e. The van der Waals surface area contributed by atoms with Gasteiger partial charge in [0.05, 0.1) is 6.04 Å². The van der Waals surface area contributed by atoms with E-state index in [1.54, 1.807) is 4.90 Å². The van der Waals surface area contributed by atoms with E-state index in [0.29, 0.717) is 37.8 Å². The molecule has 148 valence electrons. The summed E-state index contributed by atoms with van der Waals surface area (Å²) in [6.07, 6.45) is 0.290. The Morgan fingerprint density at radius 3 is 2.70 bits per heavy atom. The molecule has 0 aromatic heterocycles. The second-order valence-electron chi connectivity index (χ2n) is 6.66. The zero-order valence-electron chi connectivity index (χ0n) is 16.0. The summed E-state index contributed by atoms with van der Waals surface area (Å²) in [6.45, 7) is 8.99. The van der Waals surface area contributed by atoms with Gasteiger partial charge in [-0.1, -0.05) is 13.8 Å². The standard InChI is InChI=1S/C19H28N4O4/c1-3-22(4-2)8-7-20-19(25)21-14-11-18(24)23(13-14)15-5-6-16-17(12-15)27-10-9-26-16/h5-6,12,14H,3-4,7-11,13H2,1-2H3,(H2,20,21,25)/t14-/m0/s1. The molecule has 1 aromatic rings. The second-order valence-corrected chi connectivity index (χ2v) is 6.66. The van der Waals surface area contributed by atoms with Crippen molar-refractivity contribution in [1.29, 1.82) is 0 Å². The minimum Gasteiger partial charge on any atom is -0.486 e. The van der Waals surface area contributed by atoms with Gasteiger partial charge in [-0.3, -0.25) is 4.79 Å². The maximum absolute atomic E-state index is 12.4. The molecule has 2 N–H and O–H groups in total. The summed E-state index contributed by atoms with van der Waals surface area (Å²) in [4.78, 5) is 28.4. The first-order valence-corrected chi connectivity index (χ1v) is 9.57. The number of likely N-dealkylation sites (N-methyl/N-ethyl adjacent to an activating group) is 1. The van der Waals surface area contributed by atoms with Crippen LogP contribution in [0.5, 0.6) is 11.5 Å². The van der Waals surface area contributed by atoms with E-state index in [2.05, 4.69) is 29.4 Å². The highest BCUT2D eigenvalue weighted by atomic mass is 16.6. The number of benzene rings is 1. The van der Waals surface area contributed by atoms with Crippen LogP contribution in [0.25, 0.3) is 0 Å². The molecule has 8 nitrogen and oxygen atoms in total. The number of carbonyl (C=O) groups excluding carboxylic acids is 2. The number of hydrogen-bond donors (Lipinski definition) is 2. The fourth-order valence-corrected chi connectivity index (χ4v) is 3.36. The molecule has 0 spiro atoms. The molecule has 1 saturated heterocycles. The summed E-state index contributed by atoms with van der Waals surface area (Å²) in [5, 5.41) is 5.76. The van der Waals surface area contributed by atoms with Crippen molar-refractivity contribution in [2.45, 2.75) is 26.3 Å². The van der Waals surface area contributed by atoms with Gasteiger partial charge in [-0.15, -0.1) is 0 Å². The van der Waals surface area contributed by atoms with Crippen molar-refractivity contribution in [3.63, 3.8) is 0 Å². The fourth-order valence-electron chi connectivity index (χ4n) is 3.36. The van der Waals surface area contributed by atoms with Crippen LogP contribution in [-0.2, 0) is 4.79 Å². The van der Waals surface area contributed by atoms with Crippen LogP contribution < -0.4 is 25.0 Å². The van der Waals surface area contributed by atoms with Crippen molar-refractivity contribution >= 4 is 17.6 Å². The molecule has 1 atom stereocenters. The maximum Gasteiger partial charge on any atom is 0.315 e. The highest BCUT2D eigenvalue weighted by Crippen LogP contribution is 2.35. The summed E-state index contributed by atoms with van der Waals surface area (Å²) in [5.74, 6) is 1.33. The Labute approximate surface area is 159 Å². The Morgan fingerprint density at radius 2 is 1.96 bits per heavy atom. The number of rotatable bonds is 7. The largest absolute Gasteiger partial charge is 0.486 e. The van der Waals surface area contributed by atoms with E-state index in [0.717, 1.165) is 25.3 Å². The Morgan fingerprint density at radius 1 is 1.22 bits per heavy atom. The van der Waals surface area contributed by atoms with E-state index in [-0.39, 0.29) is 24.4 Å². The molecule has 0 radical (unpaired) electrons. The summed E-state index contributed by atoms with van der Waals surface area (Å²) >= 11 is 0. The molecular formula is C19H28N4O4. The van der Waals surface area contributed by atoms with Crippen molar-refractivity contribution in [1.82, 2.24) is 15.5 Å². The number of nitrogens with one attached hydrogen (secondary N) is 2. The highest BCUT2D eigenvalue weighted by molar-refractivity contribution is 5.97. The van der Waals surface area contributed by atoms with Gasteiger partial charge in [0.25, 0.3) is 0 Å². The molecule has 0 bridgehead atoms. The third-order valence-electron chi connectivity index (χ3n) is 4.91. The lowest BCUT2D eigenvalue weighted by molar-refractivity contribution is -0.117. The van der Waals surface area contributed by atoms with Crippen LogP contribution in [-0.4, -0.2) is 68.8 Å². The quantitative estimate of drug-likeness (QED) is 0.747. The summed E-state index contributed by atoms with van der Waals surface area (Å²) in [7, 11) is 0. The van der Waals surface area contributed by atoms with Gasteiger partial charge >= 0.3 is 6.03 Å². The van der Waals surface area contributed by atoms with Gasteiger partial charge in [0.1, 0.15) is 13.2 Å². The normalized spacial score (nSPS) is 18.7. The molecule has 2 aliphatic rings. The van der Waals surface area contributed by atoms with Crippen LogP contribution in [0, 0.1) is 0 Å². The average molecular weight is 376 g/mol. The van der Waals surface area contributed by atoms with Gasteiger partial charge < -0.3 is 29.9 Å². The van der Waals surface area contributed by atoms with Gasteiger partial charge in [0.15, 0.2) is 11.5 Å². The monoisotopic (exact) mass is 376 g/mol. The topological polar surface area (TPSA) is 83.1 Å². The van der Waals surface area contributed by atoms with Crippen molar-refractivity contribution in [3.05, 3.63) is 18.2 Å². The Bertz CT molecular complexity index is 678. The van der Waals surface area contributed by atoms with E-state index in [4.69, 9.17) is 9.47 Å². The van der Waals surface area contributed by atoms with Gasteiger partial charge in [0.2, 0.25) is 5.91 Å². The molecule has 1 aromatic carbocycles. The number of amides is 3. The molecule has 1 fully saturated rings. The molecular weight excluding hydrogens is 348 g/mol. The van der Waals surface area contributed by atoms with Crippen molar-refractivity contribution in [2.75, 3.05) is 50.8 Å². The molecule has 0 saturated carbocycles. The van der Waals surface area contributed by atoms with Crippen molar-refractivity contribution in [3.8, 4) is 11.5 Å². The first-order valence-electron chi connectivity index (χ1n) is 9.57. The molecule has 3 rings (SSSR count). The average Bonchev–Trinajstić information content (AvgIpc) is 3.04. The molecule has 0 unspecified atom stereocenters. The van der Waals surface area contributed by atoms with Crippen LogP contribution in [0.4, 0.5) is 10.5 Å². The molecule has 2 heterocycles. The van der Waals surface area contributed by atoms with E-state index in [1.165, 1.54) is 0 Å². The lowest BCUT2D eigenvalue weighted by atomic mass is 10.2. The lowest BCUT2D eigenvalue weighted by Crippen LogP contribution is -2.45. The first-order chi connectivity index (χ1) is 13.1. The number of urea groups is 1. The minimum absolute atomic E-state index is 0.0138. The Balaban J connectivity index is 1.51.